The van der Waals surface area contributed by atoms with E-state index in [-0.39, 0.29) is 24.1 Å². The first-order valence-electron chi connectivity index (χ1n) is 11.1. The van der Waals surface area contributed by atoms with Gasteiger partial charge < -0.3 is 9.47 Å². The minimum Gasteiger partial charge on any atom is -0.493 e. The third-order valence-corrected chi connectivity index (χ3v) is 6.59. The average Bonchev–Trinajstić information content (AvgIpc) is 3.12. The quantitative estimate of drug-likeness (QED) is 0.613. The Bertz CT molecular complexity index is 970. The van der Waals surface area contributed by atoms with E-state index in [2.05, 4.69) is 11.0 Å². The molecule has 4 rings (SSSR count). The second-order valence-electron chi connectivity index (χ2n) is 8.47. The van der Waals surface area contributed by atoms with Gasteiger partial charge in [-0.05, 0) is 86.7 Å². The molecule has 2 aliphatic rings. The molecule has 0 bridgehead atoms. The lowest BCUT2D eigenvalue weighted by molar-refractivity contribution is -0.123. The van der Waals surface area contributed by atoms with Crippen molar-refractivity contribution in [3.63, 3.8) is 0 Å². The van der Waals surface area contributed by atoms with Crippen LogP contribution in [0.25, 0.3) is 0 Å². The van der Waals surface area contributed by atoms with Gasteiger partial charge in [-0.3, -0.25) is 14.5 Å². The van der Waals surface area contributed by atoms with Gasteiger partial charge in [-0.15, -0.1) is 0 Å². The topological polar surface area (TPSA) is 59.1 Å². The average molecular weight is 441 g/mol. The van der Waals surface area contributed by atoms with Crippen molar-refractivity contribution in [1.29, 1.82) is 0 Å². The number of carbonyl (C=O) groups excluding carboxylic acids is 2. The Labute approximate surface area is 187 Å². The van der Waals surface area contributed by atoms with Crippen molar-refractivity contribution in [3.05, 3.63) is 53.8 Å². The van der Waals surface area contributed by atoms with E-state index in [0.29, 0.717) is 11.6 Å². The van der Waals surface area contributed by atoms with Gasteiger partial charge in [-0.2, -0.15) is 0 Å². The molecule has 0 aromatic heterocycles. The fourth-order valence-corrected chi connectivity index (χ4v) is 4.72. The normalized spacial score (nSPS) is 20.1. The number of ether oxygens (including phenoxy) is 2. The van der Waals surface area contributed by atoms with Crippen LogP contribution >= 0.6 is 0 Å². The maximum absolute atomic E-state index is 13.2. The molecule has 2 aliphatic heterocycles. The van der Waals surface area contributed by atoms with Crippen LogP contribution in [0.1, 0.15) is 31.2 Å². The van der Waals surface area contributed by atoms with Crippen LogP contribution in [0.5, 0.6) is 11.5 Å². The summed E-state index contributed by atoms with van der Waals surface area (Å²) in [5.74, 6) is 1.25. The maximum Gasteiger partial charge on any atom is 0.251 e. The molecule has 0 saturated carbocycles. The highest BCUT2D eigenvalue weighted by Gasteiger charge is 2.43. The van der Waals surface area contributed by atoms with Gasteiger partial charge in [0.15, 0.2) is 11.5 Å². The number of hydrogen-bond donors (Lipinski definition) is 0. The number of benzene rings is 2. The first-order valence-corrected chi connectivity index (χ1v) is 11.1. The summed E-state index contributed by atoms with van der Waals surface area (Å²) in [6.45, 7) is 1.61. The van der Waals surface area contributed by atoms with E-state index in [1.807, 2.05) is 12.1 Å². The molecule has 0 aliphatic carbocycles. The van der Waals surface area contributed by atoms with Gasteiger partial charge in [0.05, 0.1) is 32.4 Å². The summed E-state index contributed by atoms with van der Waals surface area (Å²) in [6, 6.07) is 11.1. The number of halogens is 1. The van der Waals surface area contributed by atoms with Gasteiger partial charge in [0.25, 0.3) is 5.91 Å². The molecule has 7 heteroatoms. The zero-order chi connectivity index (χ0) is 22.7. The monoisotopic (exact) mass is 440 g/mol. The lowest BCUT2D eigenvalue weighted by Crippen LogP contribution is -2.46. The Kier molecular flexibility index (Phi) is 6.74. The van der Waals surface area contributed by atoms with Crippen LogP contribution in [0.4, 0.5) is 10.1 Å². The zero-order valence-corrected chi connectivity index (χ0v) is 18.6. The molecule has 6 nitrogen and oxygen atoms in total. The summed E-state index contributed by atoms with van der Waals surface area (Å²) in [7, 11) is 3.27. The van der Waals surface area contributed by atoms with Crippen LogP contribution < -0.4 is 14.4 Å². The number of piperidine rings is 1. The number of imide groups is 1. The van der Waals surface area contributed by atoms with E-state index in [4.69, 9.17) is 9.47 Å². The van der Waals surface area contributed by atoms with Crippen LogP contribution in [-0.2, 0) is 16.0 Å². The molecule has 2 heterocycles. The van der Waals surface area contributed by atoms with Crippen molar-refractivity contribution >= 4 is 17.5 Å². The van der Waals surface area contributed by atoms with Crippen LogP contribution in [0, 0.1) is 11.7 Å². The van der Waals surface area contributed by atoms with Gasteiger partial charge in [0.1, 0.15) is 5.82 Å². The van der Waals surface area contributed by atoms with Crippen molar-refractivity contribution in [2.75, 3.05) is 32.2 Å². The number of likely N-dealkylation sites (tertiary alicyclic amines) is 1. The second-order valence-corrected chi connectivity index (χ2v) is 8.47. The molecular formula is C25H29FN2O4. The van der Waals surface area contributed by atoms with E-state index in [0.717, 1.165) is 50.3 Å². The Hall–Kier alpha value is -2.93. The first kappa shape index (κ1) is 22.3. The van der Waals surface area contributed by atoms with Gasteiger partial charge in [-0.1, -0.05) is 6.07 Å². The van der Waals surface area contributed by atoms with E-state index in [1.165, 1.54) is 34.7 Å². The molecule has 0 radical (unpaired) electrons. The molecule has 2 aromatic rings. The fraction of sp³-hybridized carbons (Fsp3) is 0.440. The number of aryl methyl sites for hydroxylation is 1. The maximum atomic E-state index is 13.2. The Morgan fingerprint density at radius 3 is 2.31 bits per heavy atom. The minimum atomic E-state index is -0.417. The SMILES string of the molecule is COc1ccc(CCC2CCN(C3CC(=O)N(c4ccc(F)cc4)C3=O)CC2)cc1OC. The Balaban J connectivity index is 1.30. The smallest absolute Gasteiger partial charge is 0.251 e. The summed E-state index contributed by atoms with van der Waals surface area (Å²) in [6.07, 6.45) is 4.23. The molecular weight excluding hydrogens is 411 g/mol. The van der Waals surface area contributed by atoms with E-state index in [9.17, 15) is 14.0 Å². The van der Waals surface area contributed by atoms with Crippen molar-refractivity contribution in [3.8, 4) is 11.5 Å². The summed E-state index contributed by atoms with van der Waals surface area (Å²) in [4.78, 5) is 28.8. The highest BCUT2D eigenvalue weighted by molar-refractivity contribution is 6.22. The molecule has 2 aromatic carbocycles. The highest BCUT2D eigenvalue weighted by atomic mass is 19.1. The van der Waals surface area contributed by atoms with Crippen molar-refractivity contribution in [2.45, 2.75) is 38.1 Å². The standard InChI is InChI=1S/C25H29FN2O4/c1-31-22-10-5-18(15-23(22)32-2)4-3-17-11-13-27(14-12-17)21-16-24(29)28(25(21)30)20-8-6-19(26)7-9-20/h5-10,15,17,21H,3-4,11-14,16H2,1-2H3. The summed E-state index contributed by atoms with van der Waals surface area (Å²) in [5.41, 5.74) is 1.66. The predicted octanol–water partition coefficient (Wildman–Crippen LogP) is 3.82. The van der Waals surface area contributed by atoms with E-state index in [1.54, 1.807) is 14.2 Å². The molecule has 0 spiro atoms. The molecule has 0 N–H and O–H groups in total. The molecule has 2 fully saturated rings. The number of nitrogens with zero attached hydrogens (tertiary/aromatic N) is 2. The molecule has 170 valence electrons. The lowest BCUT2D eigenvalue weighted by atomic mass is 9.89. The third kappa shape index (κ3) is 4.63. The predicted molar refractivity (Wildman–Crippen MR) is 119 cm³/mol. The Morgan fingerprint density at radius 1 is 0.969 bits per heavy atom. The second kappa shape index (κ2) is 9.69. The molecule has 32 heavy (non-hydrogen) atoms. The van der Waals surface area contributed by atoms with Crippen molar-refractivity contribution in [2.24, 2.45) is 5.92 Å². The van der Waals surface area contributed by atoms with Crippen LogP contribution in [-0.4, -0.2) is 50.1 Å². The third-order valence-electron chi connectivity index (χ3n) is 6.59. The van der Waals surface area contributed by atoms with Crippen LogP contribution in [0.2, 0.25) is 0 Å². The number of anilines is 1. The van der Waals surface area contributed by atoms with Gasteiger partial charge >= 0.3 is 0 Å². The van der Waals surface area contributed by atoms with Gasteiger partial charge in [-0.25, -0.2) is 9.29 Å². The van der Waals surface area contributed by atoms with Gasteiger partial charge in [0, 0.05) is 0 Å². The number of amides is 2. The van der Waals surface area contributed by atoms with Crippen LogP contribution in [0.3, 0.4) is 0 Å². The molecule has 1 atom stereocenters. The fourth-order valence-electron chi connectivity index (χ4n) is 4.72. The number of methoxy groups -OCH3 is 2. The number of hydrogen-bond acceptors (Lipinski definition) is 5. The Morgan fingerprint density at radius 2 is 1.66 bits per heavy atom. The summed E-state index contributed by atoms with van der Waals surface area (Å²) in [5, 5.41) is 0. The number of carbonyl (C=O) groups is 2. The van der Waals surface area contributed by atoms with Gasteiger partial charge in [0.2, 0.25) is 5.91 Å². The summed E-state index contributed by atoms with van der Waals surface area (Å²) >= 11 is 0. The van der Waals surface area contributed by atoms with E-state index >= 15 is 0 Å². The minimum absolute atomic E-state index is 0.187. The largest absolute Gasteiger partial charge is 0.493 e. The lowest BCUT2D eigenvalue weighted by Gasteiger charge is -2.34. The first-order chi connectivity index (χ1) is 15.5. The molecule has 1 unspecified atom stereocenters. The summed E-state index contributed by atoms with van der Waals surface area (Å²) < 4.78 is 23.9. The molecule has 2 saturated heterocycles. The number of rotatable bonds is 7. The zero-order valence-electron chi connectivity index (χ0n) is 18.6. The molecule has 2 amide bonds. The van der Waals surface area contributed by atoms with Crippen molar-refractivity contribution < 1.29 is 23.5 Å². The van der Waals surface area contributed by atoms with Crippen molar-refractivity contribution in [1.82, 2.24) is 4.90 Å². The van der Waals surface area contributed by atoms with E-state index < -0.39 is 6.04 Å². The van der Waals surface area contributed by atoms with Crippen LogP contribution in [0.15, 0.2) is 42.5 Å². The highest BCUT2D eigenvalue weighted by Crippen LogP contribution is 2.32.